The van der Waals surface area contributed by atoms with Crippen molar-refractivity contribution in [3.63, 3.8) is 0 Å². The van der Waals surface area contributed by atoms with Crippen LogP contribution in [0.3, 0.4) is 0 Å². The first-order chi connectivity index (χ1) is 23.3. The molecule has 4 nitrogen and oxygen atoms in total. The van der Waals surface area contributed by atoms with E-state index in [2.05, 4.69) is 144 Å². The molecule has 0 spiro atoms. The fraction of sp³-hybridized carbons (Fsp3) is 0. The maximum absolute atomic E-state index is 5.22. The van der Waals surface area contributed by atoms with Crippen LogP contribution >= 0.6 is 0 Å². The van der Waals surface area contributed by atoms with E-state index in [-0.39, 0.29) is 0 Å². The summed E-state index contributed by atoms with van der Waals surface area (Å²) in [7, 11) is 0. The predicted molar refractivity (Wildman–Crippen MR) is 193 cm³/mol. The van der Waals surface area contributed by atoms with Crippen LogP contribution in [0.25, 0.3) is 83.6 Å². The molecular formula is C43H28N4. The molecule has 0 N–H and O–H groups in total. The van der Waals surface area contributed by atoms with Gasteiger partial charge in [0, 0.05) is 10.9 Å². The SMILES string of the molecule is c1ccc(-c2cccc(-n3c4ccccc4c4nc5cc(-c6ccc(-c7ccccc7-c7ccccc7)cc6)ccc5nc43)n2)cc1. The molecule has 0 bridgehead atoms. The van der Waals surface area contributed by atoms with Gasteiger partial charge in [-0.25, -0.2) is 15.0 Å². The predicted octanol–water partition coefficient (Wildman–Crippen LogP) is 10.8. The minimum absolute atomic E-state index is 0.797. The molecule has 0 radical (unpaired) electrons. The molecule has 0 aliphatic heterocycles. The van der Waals surface area contributed by atoms with Crippen molar-refractivity contribution in [2.24, 2.45) is 0 Å². The topological polar surface area (TPSA) is 43.6 Å². The molecule has 0 aliphatic rings. The smallest absolute Gasteiger partial charge is 0.166 e. The van der Waals surface area contributed by atoms with E-state index in [1.54, 1.807) is 0 Å². The van der Waals surface area contributed by atoms with Gasteiger partial charge in [-0.2, -0.15) is 0 Å². The van der Waals surface area contributed by atoms with Gasteiger partial charge in [-0.05, 0) is 63.7 Å². The molecule has 3 aromatic heterocycles. The molecule has 9 rings (SSSR count). The van der Waals surface area contributed by atoms with Gasteiger partial charge >= 0.3 is 0 Å². The van der Waals surface area contributed by atoms with Crippen molar-refractivity contribution in [2.45, 2.75) is 0 Å². The van der Waals surface area contributed by atoms with Crippen molar-refractivity contribution in [3.05, 3.63) is 170 Å². The average Bonchev–Trinajstić information content (AvgIpc) is 3.47. The molecule has 0 amide bonds. The third kappa shape index (κ3) is 4.75. The van der Waals surface area contributed by atoms with Gasteiger partial charge in [-0.1, -0.05) is 140 Å². The van der Waals surface area contributed by atoms with E-state index in [1.165, 1.54) is 22.3 Å². The lowest BCUT2D eigenvalue weighted by atomic mass is 9.93. The first kappa shape index (κ1) is 27.0. The number of fused-ring (bicyclic) bond motifs is 4. The summed E-state index contributed by atoms with van der Waals surface area (Å²) < 4.78 is 2.13. The molecule has 9 aromatic rings. The van der Waals surface area contributed by atoms with E-state index in [9.17, 15) is 0 Å². The van der Waals surface area contributed by atoms with E-state index in [4.69, 9.17) is 15.0 Å². The summed E-state index contributed by atoms with van der Waals surface area (Å²) in [4.78, 5) is 15.5. The number of para-hydroxylation sites is 1. The maximum Gasteiger partial charge on any atom is 0.166 e. The van der Waals surface area contributed by atoms with Crippen LogP contribution in [0.1, 0.15) is 0 Å². The third-order valence-corrected chi connectivity index (χ3v) is 8.83. The lowest BCUT2D eigenvalue weighted by Gasteiger charge is -2.11. The Balaban J connectivity index is 1.13. The zero-order valence-corrected chi connectivity index (χ0v) is 25.5. The van der Waals surface area contributed by atoms with Gasteiger partial charge in [0.25, 0.3) is 0 Å². The highest BCUT2D eigenvalue weighted by Crippen LogP contribution is 2.35. The van der Waals surface area contributed by atoms with Crippen molar-refractivity contribution in [3.8, 4) is 50.5 Å². The lowest BCUT2D eigenvalue weighted by molar-refractivity contribution is 1.06. The molecule has 0 atom stereocenters. The van der Waals surface area contributed by atoms with Gasteiger partial charge in [-0.15, -0.1) is 0 Å². The van der Waals surface area contributed by atoms with E-state index in [1.807, 2.05) is 30.3 Å². The Kier molecular flexibility index (Phi) is 6.43. The van der Waals surface area contributed by atoms with Crippen molar-refractivity contribution in [2.75, 3.05) is 0 Å². The molecule has 4 heteroatoms. The summed E-state index contributed by atoms with van der Waals surface area (Å²) in [5.74, 6) is 0.816. The Hall–Kier alpha value is -6.39. The summed E-state index contributed by atoms with van der Waals surface area (Å²) in [6.07, 6.45) is 0. The summed E-state index contributed by atoms with van der Waals surface area (Å²) in [6, 6.07) is 59.0. The van der Waals surface area contributed by atoms with E-state index in [0.717, 1.165) is 61.3 Å². The van der Waals surface area contributed by atoms with Crippen LogP contribution in [0.2, 0.25) is 0 Å². The minimum atomic E-state index is 0.797. The number of pyridine rings is 1. The number of nitrogens with zero attached hydrogens (tertiary/aromatic N) is 4. The number of hydrogen-bond acceptors (Lipinski definition) is 3. The molecule has 0 aliphatic carbocycles. The standard InChI is InChI=1S/C43H28N4/c1-3-12-30(13-4-1)34-16-7-8-17-35(34)31-24-22-29(23-25-31)33-26-27-38-39(28-33)45-42-36-18-9-10-20-40(36)47(43(42)46-38)41-21-11-19-37(44-41)32-14-5-2-6-15-32/h1-28H. The van der Waals surface area contributed by atoms with Crippen LogP contribution in [0.4, 0.5) is 0 Å². The number of rotatable bonds is 5. The number of benzene rings is 6. The Bertz CT molecular complexity index is 2550. The van der Waals surface area contributed by atoms with Crippen LogP contribution in [-0.2, 0) is 0 Å². The first-order valence-electron chi connectivity index (χ1n) is 15.8. The quantitative estimate of drug-likeness (QED) is 0.197. The number of hydrogen-bond donors (Lipinski definition) is 0. The molecule has 47 heavy (non-hydrogen) atoms. The van der Waals surface area contributed by atoms with E-state index < -0.39 is 0 Å². The summed E-state index contributed by atoms with van der Waals surface area (Å²) in [5, 5.41) is 1.05. The average molecular weight is 601 g/mol. The van der Waals surface area contributed by atoms with Gasteiger partial charge in [0.05, 0.1) is 22.2 Å². The molecular weight excluding hydrogens is 573 g/mol. The normalized spacial score (nSPS) is 11.4. The minimum Gasteiger partial charge on any atom is -0.276 e. The number of aromatic nitrogens is 4. The zero-order valence-electron chi connectivity index (χ0n) is 25.5. The highest BCUT2D eigenvalue weighted by atomic mass is 15.1. The van der Waals surface area contributed by atoms with Crippen LogP contribution in [-0.4, -0.2) is 19.5 Å². The highest BCUT2D eigenvalue weighted by molar-refractivity contribution is 6.07. The zero-order chi connectivity index (χ0) is 31.2. The monoisotopic (exact) mass is 600 g/mol. The molecule has 3 heterocycles. The van der Waals surface area contributed by atoms with Gasteiger partial charge < -0.3 is 0 Å². The Labute approximate surface area is 272 Å². The van der Waals surface area contributed by atoms with Crippen molar-refractivity contribution < 1.29 is 0 Å². The second-order valence-corrected chi connectivity index (χ2v) is 11.7. The Morgan fingerprint density at radius 3 is 1.77 bits per heavy atom. The fourth-order valence-electron chi connectivity index (χ4n) is 6.54. The van der Waals surface area contributed by atoms with Gasteiger partial charge in [0.1, 0.15) is 11.3 Å². The van der Waals surface area contributed by atoms with Gasteiger partial charge in [0.2, 0.25) is 0 Å². The van der Waals surface area contributed by atoms with Crippen LogP contribution in [0, 0.1) is 0 Å². The molecule has 0 saturated carbocycles. The van der Waals surface area contributed by atoms with Crippen molar-refractivity contribution in [1.82, 2.24) is 19.5 Å². The van der Waals surface area contributed by atoms with E-state index >= 15 is 0 Å². The van der Waals surface area contributed by atoms with Crippen molar-refractivity contribution in [1.29, 1.82) is 0 Å². The Morgan fingerprint density at radius 1 is 0.383 bits per heavy atom. The lowest BCUT2D eigenvalue weighted by Crippen LogP contribution is -2.00. The molecule has 6 aromatic carbocycles. The Morgan fingerprint density at radius 2 is 1.00 bits per heavy atom. The van der Waals surface area contributed by atoms with Crippen LogP contribution < -0.4 is 0 Å². The molecule has 220 valence electrons. The van der Waals surface area contributed by atoms with E-state index in [0.29, 0.717) is 0 Å². The summed E-state index contributed by atoms with van der Waals surface area (Å²) in [5.41, 5.74) is 13.5. The van der Waals surface area contributed by atoms with Gasteiger partial charge in [0.15, 0.2) is 5.65 Å². The summed E-state index contributed by atoms with van der Waals surface area (Å²) >= 11 is 0. The molecule has 0 fully saturated rings. The van der Waals surface area contributed by atoms with Gasteiger partial charge in [-0.3, -0.25) is 4.57 Å². The molecule has 0 unspecified atom stereocenters. The third-order valence-electron chi connectivity index (χ3n) is 8.83. The fourth-order valence-corrected chi connectivity index (χ4v) is 6.54. The second-order valence-electron chi connectivity index (χ2n) is 11.7. The largest absolute Gasteiger partial charge is 0.276 e. The molecule has 0 saturated heterocycles. The summed E-state index contributed by atoms with van der Waals surface area (Å²) in [6.45, 7) is 0. The van der Waals surface area contributed by atoms with Crippen LogP contribution in [0.15, 0.2) is 170 Å². The second kappa shape index (κ2) is 11.2. The first-order valence-corrected chi connectivity index (χ1v) is 15.8. The van der Waals surface area contributed by atoms with Crippen molar-refractivity contribution >= 4 is 33.1 Å². The van der Waals surface area contributed by atoms with Crippen LogP contribution in [0.5, 0.6) is 0 Å². The highest BCUT2D eigenvalue weighted by Gasteiger charge is 2.17. The maximum atomic E-state index is 5.22.